The summed E-state index contributed by atoms with van der Waals surface area (Å²) in [5, 5.41) is 26.5. The SMILES string of the molecule is C[C@H](O)[C@@H]1[C@H](CO)ON(Cc2cccc(CN(Cc3c(F)cccc3Cl)[C@H](CN(C)C)c3ccccc3)c2)[C@@H]1C(=O)N[C@H]1C[C@H]2C=C([C@@H]1C)C2(C)C. The Hall–Kier alpha value is -3.15. The first-order chi connectivity index (χ1) is 24.8. The maximum Gasteiger partial charge on any atom is 0.240 e. The molecule has 10 heteroatoms. The Morgan fingerprint density at radius 2 is 1.79 bits per heavy atom. The van der Waals surface area contributed by atoms with Crippen molar-refractivity contribution in [3.8, 4) is 0 Å². The fraction of sp³-hybridized carbons (Fsp3) is 0.500. The molecule has 3 N–H and O–H groups in total. The molecule has 2 fully saturated rings. The number of rotatable bonds is 14. The van der Waals surface area contributed by atoms with Crippen molar-refractivity contribution in [1.82, 2.24) is 20.2 Å². The van der Waals surface area contributed by atoms with Gasteiger partial charge < -0.3 is 20.4 Å². The number of nitrogens with one attached hydrogen (secondary N) is 1. The Kier molecular flexibility index (Phi) is 11.9. The summed E-state index contributed by atoms with van der Waals surface area (Å²) in [5.74, 6) is -0.518. The van der Waals surface area contributed by atoms with Gasteiger partial charge in [0.05, 0.1) is 19.3 Å². The van der Waals surface area contributed by atoms with Gasteiger partial charge in [0.1, 0.15) is 18.0 Å². The molecule has 3 aromatic rings. The number of hydrogen-bond acceptors (Lipinski definition) is 7. The van der Waals surface area contributed by atoms with E-state index in [1.165, 1.54) is 11.6 Å². The number of aliphatic hydroxyl groups is 2. The lowest BCUT2D eigenvalue weighted by molar-refractivity contribution is -0.182. The zero-order valence-electron chi connectivity index (χ0n) is 31.2. The molecule has 280 valence electrons. The van der Waals surface area contributed by atoms with E-state index in [0.717, 1.165) is 23.1 Å². The normalized spacial score (nSPS) is 26.6. The smallest absolute Gasteiger partial charge is 0.240 e. The molecule has 8 atom stereocenters. The van der Waals surface area contributed by atoms with Gasteiger partial charge in [0.25, 0.3) is 0 Å². The molecule has 7 rings (SSSR count). The second kappa shape index (κ2) is 16.1. The highest BCUT2D eigenvalue weighted by Crippen LogP contribution is 2.56. The summed E-state index contributed by atoms with van der Waals surface area (Å²) in [7, 11) is 4.06. The molecule has 0 radical (unpaired) electrons. The second-order valence-electron chi connectivity index (χ2n) is 15.9. The lowest BCUT2D eigenvalue weighted by Gasteiger charge is -2.54. The number of aliphatic hydroxyl groups excluding tert-OH is 2. The van der Waals surface area contributed by atoms with Crippen LogP contribution in [0.3, 0.4) is 0 Å². The van der Waals surface area contributed by atoms with Crippen LogP contribution in [-0.4, -0.2) is 82.5 Å². The van der Waals surface area contributed by atoms with E-state index in [2.05, 4.69) is 60.2 Å². The van der Waals surface area contributed by atoms with Crippen molar-refractivity contribution >= 4 is 17.5 Å². The fourth-order valence-electron chi connectivity index (χ4n) is 8.74. The van der Waals surface area contributed by atoms with E-state index in [-0.39, 0.29) is 48.3 Å². The maximum atomic E-state index is 15.2. The van der Waals surface area contributed by atoms with Gasteiger partial charge in [-0.25, -0.2) is 4.39 Å². The number of carbonyl (C=O) groups excluding carboxylic acids is 1. The number of benzene rings is 3. The lowest BCUT2D eigenvalue weighted by atomic mass is 9.52. The van der Waals surface area contributed by atoms with Crippen molar-refractivity contribution in [2.24, 2.45) is 23.2 Å². The molecule has 1 saturated carbocycles. The van der Waals surface area contributed by atoms with Crippen molar-refractivity contribution < 1.29 is 24.2 Å². The largest absolute Gasteiger partial charge is 0.394 e. The average molecular weight is 733 g/mol. The number of hydroxylamine groups is 2. The first kappa shape index (κ1) is 38.6. The third-order valence-electron chi connectivity index (χ3n) is 11.7. The van der Waals surface area contributed by atoms with Gasteiger partial charge in [0.2, 0.25) is 5.91 Å². The van der Waals surface area contributed by atoms with Crippen molar-refractivity contribution in [2.45, 2.75) is 84.1 Å². The number of hydrogen-bond donors (Lipinski definition) is 3. The van der Waals surface area contributed by atoms with Crippen LogP contribution in [0.25, 0.3) is 0 Å². The van der Waals surface area contributed by atoms with E-state index < -0.39 is 24.2 Å². The minimum atomic E-state index is -0.881. The number of carbonyl (C=O) groups is 1. The van der Waals surface area contributed by atoms with Crippen LogP contribution in [-0.2, 0) is 29.3 Å². The van der Waals surface area contributed by atoms with Gasteiger partial charge in [-0.3, -0.25) is 14.5 Å². The first-order valence-corrected chi connectivity index (χ1v) is 18.9. The van der Waals surface area contributed by atoms with Gasteiger partial charge in [-0.2, -0.15) is 5.06 Å². The number of nitrogens with zero attached hydrogens (tertiary/aromatic N) is 3. The molecule has 1 saturated heterocycles. The number of amides is 1. The number of halogens is 2. The third-order valence-corrected chi connectivity index (χ3v) is 12.0. The Bertz CT molecular complexity index is 1720. The van der Waals surface area contributed by atoms with Crippen LogP contribution in [0.5, 0.6) is 0 Å². The molecule has 0 aromatic heterocycles. The topological polar surface area (TPSA) is 88.5 Å². The summed E-state index contributed by atoms with van der Waals surface area (Å²) < 4.78 is 15.2. The highest BCUT2D eigenvalue weighted by atomic mass is 35.5. The van der Waals surface area contributed by atoms with E-state index in [4.69, 9.17) is 16.4 Å². The zero-order chi connectivity index (χ0) is 37.3. The summed E-state index contributed by atoms with van der Waals surface area (Å²) in [6.07, 6.45) is 1.61. The molecule has 1 amide bonds. The first-order valence-electron chi connectivity index (χ1n) is 18.5. The van der Waals surface area contributed by atoms with Crippen molar-refractivity contribution in [3.63, 3.8) is 0 Å². The Morgan fingerprint density at radius 1 is 1.08 bits per heavy atom. The molecule has 3 aromatic carbocycles. The fourth-order valence-corrected chi connectivity index (χ4v) is 8.96. The van der Waals surface area contributed by atoms with E-state index in [1.807, 2.05) is 50.5 Å². The van der Waals surface area contributed by atoms with Gasteiger partial charge in [-0.1, -0.05) is 105 Å². The molecule has 0 spiro atoms. The Balaban J connectivity index is 1.26. The molecule has 3 aliphatic carbocycles. The van der Waals surface area contributed by atoms with Gasteiger partial charge in [0.15, 0.2) is 0 Å². The zero-order valence-corrected chi connectivity index (χ0v) is 31.9. The number of likely N-dealkylation sites (N-methyl/N-ethyl adjacent to an activating group) is 1. The Morgan fingerprint density at radius 3 is 2.42 bits per heavy atom. The number of allylic oxidation sites excluding steroid dienone is 1. The van der Waals surface area contributed by atoms with Crippen LogP contribution >= 0.6 is 11.6 Å². The maximum absolute atomic E-state index is 15.2. The van der Waals surface area contributed by atoms with Crippen LogP contribution < -0.4 is 5.32 Å². The minimum Gasteiger partial charge on any atom is -0.394 e. The Labute approximate surface area is 313 Å². The highest BCUT2D eigenvalue weighted by Gasteiger charge is 2.53. The number of fused-ring (bicyclic) bond motifs is 2. The second-order valence-corrected chi connectivity index (χ2v) is 16.3. The van der Waals surface area contributed by atoms with E-state index in [9.17, 15) is 15.0 Å². The van der Waals surface area contributed by atoms with Crippen LogP contribution in [0.2, 0.25) is 5.02 Å². The predicted octanol–water partition coefficient (Wildman–Crippen LogP) is 6.36. The van der Waals surface area contributed by atoms with Crippen LogP contribution in [0, 0.1) is 29.0 Å². The van der Waals surface area contributed by atoms with Crippen LogP contribution in [0.1, 0.15) is 62.4 Å². The molecule has 8 nitrogen and oxygen atoms in total. The average Bonchev–Trinajstić information content (AvgIpc) is 3.48. The van der Waals surface area contributed by atoms with E-state index in [0.29, 0.717) is 36.1 Å². The van der Waals surface area contributed by atoms with Gasteiger partial charge >= 0.3 is 0 Å². The van der Waals surface area contributed by atoms with Crippen LogP contribution in [0.15, 0.2) is 84.4 Å². The third kappa shape index (κ3) is 8.02. The van der Waals surface area contributed by atoms with Crippen molar-refractivity contribution in [1.29, 1.82) is 0 Å². The molecule has 0 unspecified atom stereocenters. The summed E-state index contributed by atoms with van der Waals surface area (Å²) in [5.41, 5.74) is 5.01. The van der Waals surface area contributed by atoms with Crippen LogP contribution in [0.4, 0.5) is 4.39 Å². The molecule has 4 aliphatic rings. The predicted molar refractivity (Wildman–Crippen MR) is 202 cm³/mol. The molecule has 52 heavy (non-hydrogen) atoms. The van der Waals surface area contributed by atoms with Crippen molar-refractivity contribution in [3.05, 3.63) is 118 Å². The van der Waals surface area contributed by atoms with Crippen molar-refractivity contribution in [2.75, 3.05) is 27.2 Å². The lowest BCUT2D eigenvalue weighted by Crippen LogP contribution is -2.57. The summed E-state index contributed by atoms with van der Waals surface area (Å²) in [6, 6.07) is 22.2. The van der Waals surface area contributed by atoms with Gasteiger partial charge in [0, 0.05) is 48.2 Å². The molecule has 2 bridgehead atoms. The molecule has 1 aliphatic heterocycles. The minimum absolute atomic E-state index is 0.00723. The molecular weight excluding hydrogens is 679 g/mol. The van der Waals surface area contributed by atoms with E-state index >= 15 is 4.39 Å². The molecular formula is C42H54ClFN4O4. The van der Waals surface area contributed by atoms with Gasteiger partial charge in [-0.05, 0) is 73.5 Å². The summed E-state index contributed by atoms with van der Waals surface area (Å²) in [6.45, 7) is 9.82. The van der Waals surface area contributed by atoms with Gasteiger partial charge in [-0.15, -0.1) is 0 Å². The monoisotopic (exact) mass is 732 g/mol. The standard InChI is InChI=1S/C42H54ClFN4O4/c1-26-33-19-31(42(33,3)4)20-36(26)45-41(51)40-39(27(2)50)38(25-49)52-48(40)22-29-13-10-12-28(18-29)21-47(23-32-34(43)16-11-17-35(32)44)37(24-46(5)6)30-14-8-7-9-15-30/h7-19,26-27,31,36-40,49-50H,20-25H2,1-6H3,(H,45,51)/t26-,27-,31+,36-,37+,38-,39+,40-/m0/s1. The highest BCUT2D eigenvalue weighted by molar-refractivity contribution is 6.31. The van der Waals surface area contributed by atoms with E-state index in [1.54, 1.807) is 24.1 Å². The molecule has 1 heterocycles. The quantitative estimate of drug-likeness (QED) is 0.166. The summed E-state index contributed by atoms with van der Waals surface area (Å²) >= 11 is 6.57. The summed E-state index contributed by atoms with van der Waals surface area (Å²) in [4.78, 5) is 24.8.